The SMILES string of the molecule is COC(=O)C1CCN(C(=O)CC2CSc3nc(C(C)C)cc(=O)n32)CC1. The van der Waals surface area contributed by atoms with Crippen LogP contribution in [0, 0.1) is 5.92 Å². The van der Waals surface area contributed by atoms with Crippen molar-refractivity contribution < 1.29 is 14.3 Å². The van der Waals surface area contributed by atoms with Crippen molar-refractivity contribution in [3.63, 3.8) is 0 Å². The molecule has 0 bridgehead atoms. The van der Waals surface area contributed by atoms with Crippen molar-refractivity contribution in [2.24, 2.45) is 5.92 Å². The Balaban J connectivity index is 1.64. The van der Waals surface area contributed by atoms with E-state index in [1.165, 1.54) is 18.9 Å². The Morgan fingerprint density at radius 3 is 2.65 bits per heavy atom. The quantitative estimate of drug-likeness (QED) is 0.586. The van der Waals surface area contributed by atoms with Gasteiger partial charge in [-0.25, -0.2) is 4.98 Å². The van der Waals surface area contributed by atoms with E-state index in [4.69, 9.17) is 4.74 Å². The second-order valence-corrected chi connectivity index (χ2v) is 8.16. The fourth-order valence-corrected chi connectivity index (χ4v) is 4.63. The van der Waals surface area contributed by atoms with Crippen LogP contribution in [-0.4, -0.2) is 52.3 Å². The van der Waals surface area contributed by atoms with E-state index in [9.17, 15) is 14.4 Å². The van der Waals surface area contributed by atoms with Gasteiger partial charge >= 0.3 is 5.97 Å². The van der Waals surface area contributed by atoms with Crippen molar-refractivity contribution in [2.45, 2.75) is 50.2 Å². The van der Waals surface area contributed by atoms with Crippen LogP contribution in [-0.2, 0) is 14.3 Å². The van der Waals surface area contributed by atoms with E-state index in [0.29, 0.717) is 43.3 Å². The van der Waals surface area contributed by atoms with Crippen LogP contribution in [0.15, 0.2) is 16.0 Å². The molecule has 1 fully saturated rings. The third-order valence-electron chi connectivity index (χ3n) is 5.09. The number of aromatic nitrogens is 2. The van der Waals surface area contributed by atoms with E-state index in [1.807, 2.05) is 13.8 Å². The molecule has 3 heterocycles. The molecule has 1 unspecified atom stereocenters. The van der Waals surface area contributed by atoms with Crippen LogP contribution in [0.25, 0.3) is 0 Å². The molecule has 0 saturated carbocycles. The van der Waals surface area contributed by atoms with Gasteiger partial charge in [-0.15, -0.1) is 0 Å². The van der Waals surface area contributed by atoms with Gasteiger partial charge in [0.15, 0.2) is 5.16 Å². The Labute approximate surface area is 157 Å². The van der Waals surface area contributed by atoms with Crippen LogP contribution in [0.5, 0.6) is 0 Å². The van der Waals surface area contributed by atoms with Gasteiger partial charge in [-0.1, -0.05) is 25.6 Å². The predicted molar refractivity (Wildman–Crippen MR) is 98.3 cm³/mol. The summed E-state index contributed by atoms with van der Waals surface area (Å²) in [5.41, 5.74) is 0.719. The predicted octanol–water partition coefficient (Wildman–Crippen LogP) is 1.82. The van der Waals surface area contributed by atoms with Crippen molar-refractivity contribution in [2.75, 3.05) is 26.0 Å². The highest BCUT2D eigenvalue weighted by molar-refractivity contribution is 7.99. The molecule has 3 rings (SSSR count). The first kappa shape index (κ1) is 18.9. The van der Waals surface area contributed by atoms with Gasteiger partial charge < -0.3 is 9.64 Å². The molecule has 26 heavy (non-hydrogen) atoms. The molecule has 1 amide bonds. The number of ether oxygens (including phenoxy) is 1. The van der Waals surface area contributed by atoms with Crippen LogP contribution >= 0.6 is 11.8 Å². The summed E-state index contributed by atoms with van der Waals surface area (Å²) in [6, 6.07) is 1.43. The van der Waals surface area contributed by atoms with Gasteiger partial charge in [-0.2, -0.15) is 0 Å². The smallest absolute Gasteiger partial charge is 0.308 e. The molecule has 1 saturated heterocycles. The number of fused-ring (bicyclic) bond motifs is 1. The van der Waals surface area contributed by atoms with E-state index in [-0.39, 0.29) is 35.3 Å². The largest absolute Gasteiger partial charge is 0.469 e. The lowest BCUT2D eigenvalue weighted by Gasteiger charge is -2.31. The summed E-state index contributed by atoms with van der Waals surface area (Å²) in [6.07, 6.45) is 1.56. The van der Waals surface area contributed by atoms with Gasteiger partial charge in [0.2, 0.25) is 5.91 Å². The highest BCUT2D eigenvalue weighted by atomic mass is 32.2. The summed E-state index contributed by atoms with van der Waals surface area (Å²) in [6.45, 7) is 5.14. The molecular weight excluding hydrogens is 354 g/mol. The average molecular weight is 379 g/mol. The van der Waals surface area contributed by atoms with Crippen LogP contribution in [0.2, 0.25) is 0 Å². The maximum atomic E-state index is 12.7. The zero-order valence-corrected chi connectivity index (χ0v) is 16.3. The topological polar surface area (TPSA) is 81.5 Å². The molecule has 2 aliphatic heterocycles. The Bertz CT molecular complexity index is 753. The number of carbonyl (C=O) groups excluding carboxylic acids is 2. The highest BCUT2D eigenvalue weighted by Gasteiger charge is 2.32. The Kier molecular flexibility index (Phi) is 5.70. The van der Waals surface area contributed by atoms with Crippen LogP contribution in [0.4, 0.5) is 0 Å². The molecule has 0 aliphatic carbocycles. The number of thioether (sulfide) groups is 1. The van der Waals surface area contributed by atoms with Crippen molar-refractivity contribution in [1.29, 1.82) is 0 Å². The van der Waals surface area contributed by atoms with Gasteiger partial charge in [-0.3, -0.25) is 19.0 Å². The van der Waals surface area contributed by atoms with E-state index >= 15 is 0 Å². The van der Waals surface area contributed by atoms with E-state index in [1.54, 1.807) is 15.5 Å². The standard InChI is InChI=1S/C18H25N3O4S/c1-11(2)14-9-16(23)21-13(10-26-18(21)19-14)8-15(22)20-6-4-12(5-7-20)17(24)25-3/h9,11-13H,4-8,10H2,1-3H3. The molecule has 8 heteroatoms. The third kappa shape index (κ3) is 3.79. The molecule has 1 atom stereocenters. The van der Waals surface area contributed by atoms with Gasteiger partial charge in [0.1, 0.15) is 0 Å². The van der Waals surface area contributed by atoms with Gasteiger partial charge in [0, 0.05) is 31.3 Å². The lowest BCUT2D eigenvalue weighted by atomic mass is 9.96. The number of likely N-dealkylation sites (tertiary alicyclic amines) is 1. The molecular formula is C18H25N3O4S. The minimum atomic E-state index is -0.197. The van der Waals surface area contributed by atoms with Crippen LogP contribution < -0.4 is 5.56 Å². The molecule has 2 aliphatic rings. The first-order chi connectivity index (χ1) is 12.4. The first-order valence-corrected chi connectivity index (χ1v) is 10.0. The zero-order valence-electron chi connectivity index (χ0n) is 15.4. The second-order valence-electron chi connectivity index (χ2n) is 7.17. The maximum absolute atomic E-state index is 12.7. The molecule has 0 aromatic carbocycles. The monoisotopic (exact) mass is 379 g/mol. The lowest BCUT2D eigenvalue weighted by molar-refractivity contribution is -0.149. The van der Waals surface area contributed by atoms with E-state index in [2.05, 4.69) is 4.98 Å². The third-order valence-corrected chi connectivity index (χ3v) is 6.19. The molecule has 0 N–H and O–H groups in total. The molecule has 7 nitrogen and oxygen atoms in total. The number of hydrogen-bond acceptors (Lipinski definition) is 6. The zero-order chi connectivity index (χ0) is 18.8. The summed E-state index contributed by atoms with van der Waals surface area (Å²) in [5.74, 6) is 0.608. The summed E-state index contributed by atoms with van der Waals surface area (Å²) < 4.78 is 6.44. The molecule has 1 aromatic heterocycles. The van der Waals surface area contributed by atoms with Crippen molar-refractivity contribution in [3.8, 4) is 0 Å². The average Bonchev–Trinajstić information content (AvgIpc) is 3.04. The Morgan fingerprint density at radius 1 is 1.35 bits per heavy atom. The van der Waals surface area contributed by atoms with E-state index < -0.39 is 0 Å². The summed E-state index contributed by atoms with van der Waals surface area (Å²) in [7, 11) is 1.39. The molecule has 0 radical (unpaired) electrons. The number of amides is 1. The summed E-state index contributed by atoms with van der Waals surface area (Å²) in [5, 5.41) is 0.711. The number of methoxy groups -OCH3 is 1. The normalized spacial score (nSPS) is 20.3. The fraction of sp³-hybridized carbons (Fsp3) is 0.667. The number of nitrogens with zero attached hydrogens (tertiary/aromatic N) is 3. The van der Waals surface area contributed by atoms with Gasteiger partial charge in [-0.05, 0) is 18.8 Å². The molecule has 1 aromatic rings. The van der Waals surface area contributed by atoms with Crippen LogP contribution in [0.1, 0.15) is 50.8 Å². The number of esters is 1. The van der Waals surface area contributed by atoms with Crippen molar-refractivity contribution in [1.82, 2.24) is 14.5 Å². The number of rotatable bonds is 4. The van der Waals surface area contributed by atoms with Gasteiger partial charge in [0.05, 0.1) is 24.8 Å². The number of hydrogen-bond donors (Lipinski definition) is 0. The first-order valence-electron chi connectivity index (χ1n) is 9.02. The van der Waals surface area contributed by atoms with Crippen LogP contribution in [0.3, 0.4) is 0 Å². The second kappa shape index (κ2) is 7.82. The molecule has 142 valence electrons. The Hall–Kier alpha value is -1.83. The van der Waals surface area contributed by atoms with Crippen molar-refractivity contribution in [3.05, 3.63) is 22.1 Å². The number of piperidine rings is 1. The lowest BCUT2D eigenvalue weighted by Crippen LogP contribution is -2.41. The highest BCUT2D eigenvalue weighted by Crippen LogP contribution is 2.33. The van der Waals surface area contributed by atoms with Gasteiger partial charge in [0.25, 0.3) is 5.56 Å². The minimum Gasteiger partial charge on any atom is -0.469 e. The molecule has 0 spiro atoms. The van der Waals surface area contributed by atoms with Crippen molar-refractivity contribution >= 4 is 23.6 Å². The minimum absolute atomic E-state index is 0.0339. The number of carbonyl (C=O) groups is 2. The fourth-order valence-electron chi connectivity index (χ4n) is 3.48. The summed E-state index contributed by atoms with van der Waals surface area (Å²) in [4.78, 5) is 43.1. The maximum Gasteiger partial charge on any atom is 0.308 e. The Morgan fingerprint density at radius 2 is 2.04 bits per heavy atom. The summed E-state index contributed by atoms with van der Waals surface area (Å²) >= 11 is 1.54. The van der Waals surface area contributed by atoms with E-state index in [0.717, 1.165) is 5.69 Å².